The van der Waals surface area contributed by atoms with Crippen LogP contribution >= 0.6 is 11.3 Å². The third-order valence-electron chi connectivity index (χ3n) is 3.88. The monoisotopic (exact) mass is 336 g/mol. The maximum absolute atomic E-state index is 4.88. The van der Waals surface area contributed by atoms with E-state index < -0.39 is 0 Å². The van der Waals surface area contributed by atoms with Gasteiger partial charge in [-0.3, -0.25) is 9.88 Å². The van der Waals surface area contributed by atoms with Gasteiger partial charge in [-0.25, -0.2) is 4.63 Å². The van der Waals surface area contributed by atoms with Crippen molar-refractivity contribution < 1.29 is 4.63 Å². The van der Waals surface area contributed by atoms with Crippen LogP contribution in [0.5, 0.6) is 0 Å². The Labute approximate surface area is 143 Å². The molecule has 0 aliphatic heterocycles. The van der Waals surface area contributed by atoms with E-state index in [2.05, 4.69) is 49.2 Å². The maximum Gasteiger partial charge on any atom is 0.139 e. The highest BCUT2D eigenvalue weighted by atomic mass is 32.1. The minimum atomic E-state index is 0.774. The minimum Gasteiger partial charge on any atom is -0.290 e. The standard InChI is InChI=1S/C18H16N4OS/c1-4-16(18-17(5-1)20-23-21-18)12-22(11-15-6-8-24-13-15)10-14-3-2-7-19-9-14/h1-9,13H,10-12H2. The zero-order valence-corrected chi connectivity index (χ0v) is 13.8. The SMILES string of the molecule is c1cncc(CN(Cc2ccsc2)Cc2cccc3nonc23)c1. The van der Waals surface area contributed by atoms with Gasteiger partial charge >= 0.3 is 0 Å². The lowest BCUT2D eigenvalue weighted by molar-refractivity contribution is 0.248. The van der Waals surface area contributed by atoms with E-state index >= 15 is 0 Å². The van der Waals surface area contributed by atoms with Crippen LogP contribution in [0, 0.1) is 0 Å². The van der Waals surface area contributed by atoms with Gasteiger partial charge in [0.2, 0.25) is 0 Å². The summed E-state index contributed by atoms with van der Waals surface area (Å²) in [5.41, 5.74) is 5.25. The summed E-state index contributed by atoms with van der Waals surface area (Å²) in [6, 6.07) is 12.2. The molecule has 5 nitrogen and oxygen atoms in total. The smallest absolute Gasteiger partial charge is 0.139 e. The quantitative estimate of drug-likeness (QED) is 0.535. The Morgan fingerprint density at radius 2 is 1.92 bits per heavy atom. The Balaban J connectivity index is 1.60. The van der Waals surface area contributed by atoms with Gasteiger partial charge in [0.05, 0.1) is 0 Å². The normalized spacial score (nSPS) is 11.4. The number of pyridine rings is 1. The van der Waals surface area contributed by atoms with Crippen LogP contribution in [-0.4, -0.2) is 20.2 Å². The van der Waals surface area contributed by atoms with E-state index in [-0.39, 0.29) is 0 Å². The molecule has 0 unspecified atom stereocenters. The van der Waals surface area contributed by atoms with Crippen LogP contribution in [0.2, 0.25) is 0 Å². The fourth-order valence-electron chi connectivity index (χ4n) is 2.79. The molecule has 0 aliphatic carbocycles. The van der Waals surface area contributed by atoms with Gasteiger partial charge in [0.25, 0.3) is 0 Å². The summed E-state index contributed by atoms with van der Waals surface area (Å²) < 4.78 is 4.88. The molecule has 0 amide bonds. The van der Waals surface area contributed by atoms with Crippen LogP contribution in [0.25, 0.3) is 11.0 Å². The Morgan fingerprint density at radius 1 is 0.958 bits per heavy atom. The number of rotatable bonds is 6. The van der Waals surface area contributed by atoms with Gasteiger partial charge in [-0.15, -0.1) is 0 Å². The molecular weight excluding hydrogens is 320 g/mol. The maximum atomic E-state index is 4.88. The van der Waals surface area contributed by atoms with E-state index in [0.29, 0.717) is 0 Å². The van der Waals surface area contributed by atoms with E-state index in [1.54, 1.807) is 17.5 Å². The molecule has 0 spiro atoms. The summed E-state index contributed by atoms with van der Waals surface area (Å²) in [6.07, 6.45) is 3.72. The fourth-order valence-corrected chi connectivity index (χ4v) is 3.45. The Morgan fingerprint density at radius 3 is 2.75 bits per heavy atom. The van der Waals surface area contributed by atoms with E-state index in [9.17, 15) is 0 Å². The largest absolute Gasteiger partial charge is 0.290 e. The van der Waals surface area contributed by atoms with Gasteiger partial charge in [0.1, 0.15) is 11.0 Å². The molecule has 0 saturated carbocycles. The lowest BCUT2D eigenvalue weighted by atomic mass is 10.1. The Hall–Kier alpha value is -2.57. The third kappa shape index (κ3) is 3.34. The van der Waals surface area contributed by atoms with Crippen molar-refractivity contribution in [2.75, 3.05) is 0 Å². The van der Waals surface area contributed by atoms with E-state index in [4.69, 9.17) is 4.63 Å². The number of aromatic nitrogens is 3. The second-order valence-corrected chi connectivity index (χ2v) is 6.47. The molecule has 0 radical (unpaired) electrons. The first-order valence-corrected chi connectivity index (χ1v) is 8.65. The minimum absolute atomic E-state index is 0.774. The number of nitrogens with zero attached hydrogens (tertiary/aromatic N) is 4. The zero-order chi connectivity index (χ0) is 16.2. The van der Waals surface area contributed by atoms with E-state index in [0.717, 1.165) is 36.2 Å². The molecule has 0 saturated heterocycles. The first kappa shape index (κ1) is 15.0. The van der Waals surface area contributed by atoms with Crippen molar-refractivity contribution in [3.05, 3.63) is 76.2 Å². The lowest BCUT2D eigenvalue weighted by Gasteiger charge is -2.22. The number of benzene rings is 1. The number of hydrogen-bond acceptors (Lipinski definition) is 6. The predicted octanol–water partition coefficient (Wildman–Crippen LogP) is 3.88. The molecule has 6 heteroatoms. The van der Waals surface area contributed by atoms with Crippen molar-refractivity contribution in [1.82, 2.24) is 20.2 Å². The van der Waals surface area contributed by atoms with Crippen molar-refractivity contribution >= 4 is 22.4 Å². The Bertz CT molecular complexity index is 905. The van der Waals surface area contributed by atoms with Crippen molar-refractivity contribution in [1.29, 1.82) is 0 Å². The summed E-state index contributed by atoms with van der Waals surface area (Å²) in [7, 11) is 0. The number of thiophene rings is 1. The summed E-state index contributed by atoms with van der Waals surface area (Å²) in [5.74, 6) is 0. The highest BCUT2D eigenvalue weighted by molar-refractivity contribution is 7.07. The van der Waals surface area contributed by atoms with Crippen molar-refractivity contribution in [2.24, 2.45) is 0 Å². The first-order valence-electron chi connectivity index (χ1n) is 7.71. The van der Waals surface area contributed by atoms with Crippen molar-refractivity contribution in [3.63, 3.8) is 0 Å². The molecule has 4 rings (SSSR count). The number of hydrogen-bond donors (Lipinski definition) is 0. The molecule has 0 atom stereocenters. The molecule has 1 aromatic carbocycles. The molecule has 0 bridgehead atoms. The molecule has 24 heavy (non-hydrogen) atoms. The van der Waals surface area contributed by atoms with E-state index in [1.807, 2.05) is 24.4 Å². The van der Waals surface area contributed by atoms with Crippen LogP contribution in [-0.2, 0) is 19.6 Å². The fraction of sp³-hybridized carbons (Fsp3) is 0.167. The molecule has 0 fully saturated rings. The average Bonchev–Trinajstić information content (AvgIpc) is 3.27. The molecular formula is C18H16N4OS. The highest BCUT2D eigenvalue weighted by Gasteiger charge is 2.13. The van der Waals surface area contributed by atoms with E-state index in [1.165, 1.54) is 11.1 Å². The first-order chi connectivity index (χ1) is 11.9. The molecule has 120 valence electrons. The second-order valence-electron chi connectivity index (χ2n) is 5.69. The molecule has 0 aliphatic rings. The van der Waals surface area contributed by atoms with Crippen LogP contribution in [0.3, 0.4) is 0 Å². The van der Waals surface area contributed by atoms with Crippen LogP contribution < -0.4 is 0 Å². The second kappa shape index (κ2) is 6.90. The van der Waals surface area contributed by atoms with Crippen LogP contribution in [0.15, 0.2) is 64.2 Å². The topological polar surface area (TPSA) is 55.1 Å². The molecule has 4 aromatic rings. The van der Waals surface area contributed by atoms with Crippen molar-refractivity contribution in [2.45, 2.75) is 19.6 Å². The number of fused-ring (bicyclic) bond motifs is 1. The van der Waals surface area contributed by atoms with Crippen molar-refractivity contribution in [3.8, 4) is 0 Å². The average molecular weight is 336 g/mol. The molecule has 3 aromatic heterocycles. The predicted molar refractivity (Wildman–Crippen MR) is 93.3 cm³/mol. The summed E-state index contributed by atoms with van der Waals surface area (Å²) in [6.45, 7) is 2.47. The summed E-state index contributed by atoms with van der Waals surface area (Å²) in [4.78, 5) is 6.60. The van der Waals surface area contributed by atoms with Crippen LogP contribution in [0.4, 0.5) is 0 Å². The zero-order valence-electron chi connectivity index (χ0n) is 13.0. The summed E-state index contributed by atoms with van der Waals surface area (Å²) >= 11 is 1.72. The van der Waals surface area contributed by atoms with Gasteiger partial charge in [-0.2, -0.15) is 11.3 Å². The van der Waals surface area contributed by atoms with Crippen LogP contribution in [0.1, 0.15) is 16.7 Å². The van der Waals surface area contributed by atoms with Gasteiger partial charge in [-0.05, 0) is 56.0 Å². The highest BCUT2D eigenvalue weighted by Crippen LogP contribution is 2.20. The summed E-state index contributed by atoms with van der Waals surface area (Å²) in [5, 5.41) is 12.3. The van der Waals surface area contributed by atoms with Gasteiger partial charge in [0.15, 0.2) is 0 Å². The third-order valence-corrected chi connectivity index (χ3v) is 4.61. The Kier molecular flexibility index (Phi) is 4.31. The molecule has 3 heterocycles. The van der Waals surface area contributed by atoms with Gasteiger partial charge in [0, 0.05) is 32.0 Å². The lowest BCUT2D eigenvalue weighted by Crippen LogP contribution is -2.22. The molecule has 0 N–H and O–H groups in total. The van der Waals surface area contributed by atoms with Gasteiger partial charge < -0.3 is 0 Å². The van der Waals surface area contributed by atoms with Gasteiger partial charge in [-0.1, -0.05) is 18.2 Å².